The monoisotopic (exact) mass is 539 g/mol. The molecule has 1 aromatic carbocycles. The van der Waals surface area contributed by atoms with Crippen molar-refractivity contribution in [3.8, 4) is 5.75 Å². The second-order valence-electron chi connectivity index (χ2n) is 7.27. The van der Waals surface area contributed by atoms with Gasteiger partial charge >= 0.3 is 0 Å². The van der Waals surface area contributed by atoms with E-state index in [1.54, 1.807) is 19.4 Å². The van der Waals surface area contributed by atoms with Crippen LogP contribution in [0.25, 0.3) is 0 Å². The second kappa shape index (κ2) is 13.3. The van der Waals surface area contributed by atoms with Gasteiger partial charge in [0.25, 0.3) is 0 Å². The van der Waals surface area contributed by atoms with Crippen LogP contribution >= 0.6 is 24.0 Å². The van der Waals surface area contributed by atoms with E-state index in [4.69, 9.17) is 4.74 Å². The van der Waals surface area contributed by atoms with Crippen molar-refractivity contribution in [3.05, 3.63) is 47.8 Å². The Bertz CT molecular complexity index is 811. The SMILES string of the molecule is CCOc1cc(C)ccc1CNC(=NC)NCCN1CCN(c2ncccn2)CC1.I. The first-order chi connectivity index (χ1) is 14.7. The standard InChI is InChI=1S/C22H33N7O.HI/c1-4-30-20-16-18(2)6-7-19(20)17-27-21(23-3)24-10-11-28-12-14-29(15-13-28)22-25-8-5-9-26-22;/h5-9,16H,4,10-15,17H2,1-3H3,(H2,23,24,27);1H. The number of piperazine rings is 1. The predicted octanol–water partition coefficient (Wildman–Crippen LogP) is 2.29. The van der Waals surface area contributed by atoms with Crippen LogP contribution in [0.2, 0.25) is 0 Å². The maximum absolute atomic E-state index is 5.77. The van der Waals surface area contributed by atoms with E-state index in [9.17, 15) is 0 Å². The van der Waals surface area contributed by atoms with E-state index in [2.05, 4.69) is 60.5 Å². The van der Waals surface area contributed by atoms with E-state index >= 15 is 0 Å². The van der Waals surface area contributed by atoms with Gasteiger partial charge in [-0.15, -0.1) is 24.0 Å². The average Bonchev–Trinajstić information content (AvgIpc) is 2.78. The molecular weight excluding hydrogens is 505 g/mol. The second-order valence-corrected chi connectivity index (χ2v) is 7.27. The van der Waals surface area contributed by atoms with Gasteiger partial charge in [-0.3, -0.25) is 9.89 Å². The Balaban J connectivity index is 0.00000341. The molecule has 0 aliphatic carbocycles. The lowest BCUT2D eigenvalue weighted by atomic mass is 10.1. The number of nitrogens with zero attached hydrogens (tertiary/aromatic N) is 5. The summed E-state index contributed by atoms with van der Waals surface area (Å²) in [6.07, 6.45) is 3.59. The number of aryl methyl sites for hydroxylation is 1. The van der Waals surface area contributed by atoms with Gasteiger partial charge in [0.05, 0.1) is 6.61 Å². The minimum Gasteiger partial charge on any atom is -0.494 e. The fourth-order valence-corrected chi connectivity index (χ4v) is 3.46. The first-order valence-electron chi connectivity index (χ1n) is 10.6. The van der Waals surface area contributed by atoms with Gasteiger partial charge in [0.15, 0.2) is 5.96 Å². The topological polar surface area (TPSA) is 77.9 Å². The highest BCUT2D eigenvalue weighted by molar-refractivity contribution is 14.0. The Kier molecular flexibility index (Phi) is 10.8. The van der Waals surface area contributed by atoms with Crippen molar-refractivity contribution in [1.29, 1.82) is 0 Å². The molecule has 2 heterocycles. The number of rotatable bonds is 8. The molecule has 0 saturated carbocycles. The normalized spacial score (nSPS) is 14.7. The summed E-state index contributed by atoms with van der Waals surface area (Å²) in [4.78, 5) is 17.7. The van der Waals surface area contributed by atoms with E-state index in [-0.39, 0.29) is 24.0 Å². The van der Waals surface area contributed by atoms with Crippen LogP contribution in [0.1, 0.15) is 18.1 Å². The van der Waals surface area contributed by atoms with Gasteiger partial charge in [-0.2, -0.15) is 0 Å². The summed E-state index contributed by atoms with van der Waals surface area (Å²) in [5.41, 5.74) is 2.33. The molecule has 1 aromatic heterocycles. The Labute approximate surface area is 202 Å². The first-order valence-corrected chi connectivity index (χ1v) is 10.6. The van der Waals surface area contributed by atoms with Crippen LogP contribution in [0.15, 0.2) is 41.7 Å². The maximum Gasteiger partial charge on any atom is 0.225 e. The van der Waals surface area contributed by atoms with Crippen molar-refractivity contribution >= 4 is 35.9 Å². The zero-order chi connectivity index (χ0) is 21.2. The first kappa shape index (κ1) is 25.1. The van der Waals surface area contributed by atoms with E-state index < -0.39 is 0 Å². The molecule has 2 aromatic rings. The molecule has 1 fully saturated rings. The largest absolute Gasteiger partial charge is 0.494 e. The van der Waals surface area contributed by atoms with Crippen molar-refractivity contribution in [2.75, 3.05) is 57.8 Å². The minimum absolute atomic E-state index is 0. The summed E-state index contributed by atoms with van der Waals surface area (Å²) in [5.74, 6) is 2.55. The Morgan fingerprint density at radius 2 is 1.87 bits per heavy atom. The summed E-state index contributed by atoms with van der Waals surface area (Å²) in [6, 6.07) is 8.14. The molecule has 1 aliphatic rings. The van der Waals surface area contributed by atoms with Gasteiger partial charge in [0.2, 0.25) is 5.95 Å². The van der Waals surface area contributed by atoms with Crippen LogP contribution in [0.3, 0.4) is 0 Å². The molecule has 31 heavy (non-hydrogen) atoms. The van der Waals surface area contributed by atoms with Crippen LogP contribution in [-0.4, -0.2) is 73.8 Å². The Hall–Kier alpha value is -2.14. The number of hydrogen-bond donors (Lipinski definition) is 2. The van der Waals surface area contributed by atoms with E-state index in [1.165, 1.54) is 5.56 Å². The third kappa shape index (κ3) is 7.80. The lowest BCUT2D eigenvalue weighted by Crippen LogP contribution is -2.49. The maximum atomic E-state index is 5.77. The number of aromatic nitrogens is 2. The minimum atomic E-state index is 0. The molecular formula is C22H34IN7O. The number of anilines is 1. The number of ether oxygens (including phenoxy) is 1. The van der Waals surface area contributed by atoms with Gasteiger partial charge in [-0.05, 0) is 31.5 Å². The van der Waals surface area contributed by atoms with Crippen molar-refractivity contribution in [2.24, 2.45) is 4.99 Å². The molecule has 2 N–H and O–H groups in total. The number of halogens is 1. The molecule has 8 nitrogen and oxygen atoms in total. The summed E-state index contributed by atoms with van der Waals surface area (Å²) in [6.45, 7) is 11.1. The molecule has 3 rings (SSSR count). The predicted molar refractivity (Wildman–Crippen MR) is 137 cm³/mol. The fraction of sp³-hybridized carbons (Fsp3) is 0.500. The summed E-state index contributed by atoms with van der Waals surface area (Å²) in [5, 5.41) is 6.80. The van der Waals surface area contributed by atoms with E-state index in [1.807, 2.05) is 13.0 Å². The van der Waals surface area contributed by atoms with Crippen LogP contribution in [0.4, 0.5) is 5.95 Å². The van der Waals surface area contributed by atoms with Crippen molar-refractivity contribution in [2.45, 2.75) is 20.4 Å². The lowest BCUT2D eigenvalue weighted by Gasteiger charge is -2.34. The molecule has 0 unspecified atom stereocenters. The van der Waals surface area contributed by atoms with E-state index in [0.29, 0.717) is 13.2 Å². The molecule has 170 valence electrons. The van der Waals surface area contributed by atoms with Crippen LogP contribution in [-0.2, 0) is 6.54 Å². The molecule has 9 heteroatoms. The lowest BCUT2D eigenvalue weighted by molar-refractivity contribution is 0.260. The number of benzene rings is 1. The molecule has 0 radical (unpaired) electrons. The van der Waals surface area contributed by atoms with Gasteiger partial charge in [0, 0.05) is 70.8 Å². The highest BCUT2D eigenvalue weighted by Crippen LogP contribution is 2.20. The smallest absolute Gasteiger partial charge is 0.225 e. The Morgan fingerprint density at radius 1 is 1.13 bits per heavy atom. The number of guanidine groups is 1. The zero-order valence-corrected chi connectivity index (χ0v) is 21.0. The van der Waals surface area contributed by atoms with Crippen LogP contribution < -0.4 is 20.3 Å². The van der Waals surface area contributed by atoms with Gasteiger partial charge in [0.1, 0.15) is 5.75 Å². The van der Waals surface area contributed by atoms with Gasteiger partial charge in [-0.1, -0.05) is 12.1 Å². The number of hydrogen-bond acceptors (Lipinski definition) is 6. The molecule has 0 atom stereocenters. The molecule has 0 amide bonds. The fourth-order valence-electron chi connectivity index (χ4n) is 3.46. The molecule has 1 aliphatic heterocycles. The highest BCUT2D eigenvalue weighted by Gasteiger charge is 2.18. The summed E-state index contributed by atoms with van der Waals surface area (Å²) < 4.78 is 5.77. The van der Waals surface area contributed by atoms with Crippen molar-refractivity contribution in [3.63, 3.8) is 0 Å². The van der Waals surface area contributed by atoms with Crippen LogP contribution in [0.5, 0.6) is 5.75 Å². The summed E-state index contributed by atoms with van der Waals surface area (Å²) in [7, 11) is 1.80. The highest BCUT2D eigenvalue weighted by atomic mass is 127. The number of aliphatic imine (C=N–C) groups is 1. The van der Waals surface area contributed by atoms with Crippen molar-refractivity contribution < 1.29 is 4.74 Å². The zero-order valence-electron chi connectivity index (χ0n) is 18.7. The molecule has 1 saturated heterocycles. The van der Waals surface area contributed by atoms with Gasteiger partial charge < -0.3 is 20.3 Å². The quantitative estimate of drug-likeness (QED) is 0.303. The van der Waals surface area contributed by atoms with Crippen molar-refractivity contribution in [1.82, 2.24) is 25.5 Å². The molecule has 0 bridgehead atoms. The third-order valence-electron chi connectivity index (χ3n) is 5.12. The molecule has 0 spiro atoms. The average molecular weight is 539 g/mol. The third-order valence-corrected chi connectivity index (χ3v) is 5.12. The van der Waals surface area contributed by atoms with Crippen LogP contribution in [0, 0.1) is 6.92 Å². The number of nitrogens with one attached hydrogen (secondary N) is 2. The van der Waals surface area contributed by atoms with Gasteiger partial charge in [-0.25, -0.2) is 9.97 Å². The van der Waals surface area contributed by atoms with E-state index in [0.717, 1.165) is 62.5 Å². The Morgan fingerprint density at radius 3 is 2.55 bits per heavy atom. The summed E-state index contributed by atoms with van der Waals surface area (Å²) >= 11 is 0.